The molecule has 1 aliphatic heterocycles. The van der Waals surface area contributed by atoms with E-state index in [1.165, 1.54) is 0 Å². The van der Waals surface area contributed by atoms with E-state index in [4.69, 9.17) is 21.1 Å². The van der Waals surface area contributed by atoms with E-state index in [0.29, 0.717) is 38.9 Å². The molecule has 8 heteroatoms. The third kappa shape index (κ3) is 4.67. The molecule has 1 aliphatic rings. The summed E-state index contributed by atoms with van der Waals surface area (Å²) < 4.78 is 12.4. The van der Waals surface area contributed by atoms with E-state index < -0.39 is 11.9 Å². The van der Waals surface area contributed by atoms with Crippen LogP contribution in [0, 0.1) is 0 Å². The van der Waals surface area contributed by atoms with Gasteiger partial charge in [0, 0.05) is 9.50 Å². The number of benzene rings is 4. The zero-order valence-electron chi connectivity index (χ0n) is 19.1. The number of nitrogens with one attached hydrogen (secondary N) is 1. The smallest absolute Gasteiger partial charge is 0.333 e. The SMILES string of the molecule is COc1cc(/C=C2/NC(=O)N(c3cccc(Cl)c3)C2=O)c(Br)cc1OCc1cccc2ccccc12. The van der Waals surface area contributed by atoms with Crippen LogP contribution in [0.1, 0.15) is 11.1 Å². The average Bonchev–Trinajstić information content (AvgIpc) is 3.16. The molecule has 5 rings (SSSR count). The molecule has 6 nitrogen and oxygen atoms in total. The third-order valence-electron chi connectivity index (χ3n) is 5.79. The monoisotopic (exact) mass is 562 g/mol. The number of methoxy groups -OCH3 is 1. The van der Waals surface area contributed by atoms with Crippen molar-refractivity contribution in [1.29, 1.82) is 0 Å². The molecule has 4 aromatic carbocycles. The Labute approximate surface area is 221 Å². The predicted octanol–water partition coefficient (Wildman–Crippen LogP) is 6.94. The molecule has 1 saturated heterocycles. The summed E-state index contributed by atoms with van der Waals surface area (Å²) in [6, 6.07) is 23.8. The number of halogens is 2. The van der Waals surface area contributed by atoms with Gasteiger partial charge in [-0.1, -0.05) is 76.1 Å². The lowest BCUT2D eigenvalue weighted by molar-refractivity contribution is -0.113. The standard InChI is InChI=1S/C28H20BrClN2O4/c1-35-25-13-19(12-24-27(33)32(28(34)31-24)21-10-5-9-20(30)14-21)23(29)15-26(25)36-16-18-8-4-7-17-6-2-3-11-22(17)18/h2-15H,16H2,1H3,(H,31,34)/b24-12+. The highest BCUT2D eigenvalue weighted by atomic mass is 79.9. The molecule has 0 radical (unpaired) electrons. The predicted molar refractivity (Wildman–Crippen MR) is 144 cm³/mol. The number of urea groups is 1. The molecule has 1 fully saturated rings. The molecule has 1 heterocycles. The third-order valence-corrected chi connectivity index (χ3v) is 6.71. The molecule has 36 heavy (non-hydrogen) atoms. The number of fused-ring (bicyclic) bond motifs is 1. The number of hydrogen-bond acceptors (Lipinski definition) is 4. The van der Waals surface area contributed by atoms with Crippen LogP contribution in [0.25, 0.3) is 16.8 Å². The number of ether oxygens (including phenoxy) is 2. The molecule has 3 amide bonds. The first-order valence-electron chi connectivity index (χ1n) is 11.0. The summed E-state index contributed by atoms with van der Waals surface area (Å²) in [6.07, 6.45) is 1.59. The van der Waals surface area contributed by atoms with Crippen molar-refractivity contribution in [2.45, 2.75) is 6.61 Å². The zero-order valence-corrected chi connectivity index (χ0v) is 21.5. The Morgan fingerprint density at radius 2 is 1.75 bits per heavy atom. The van der Waals surface area contributed by atoms with E-state index in [1.807, 2.05) is 24.3 Å². The maximum atomic E-state index is 13.0. The number of rotatable bonds is 6. The molecular formula is C28H20BrClN2O4. The molecule has 0 unspecified atom stereocenters. The Hall–Kier alpha value is -3.81. The van der Waals surface area contributed by atoms with Crippen LogP contribution in [-0.2, 0) is 11.4 Å². The van der Waals surface area contributed by atoms with Crippen LogP contribution >= 0.6 is 27.5 Å². The van der Waals surface area contributed by atoms with Crippen LogP contribution in [0.3, 0.4) is 0 Å². The molecule has 0 spiro atoms. The zero-order chi connectivity index (χ0) is 25.2. The number of anilines is 1. The van der Waals surface area contributed by atoms with Crippen LogP contribution in [0.5, 0.6) is 11.5 Å². The summed E-state index contributed by atoms with van der Waals surface area (Å²) in [7, 11) is 1.55. The van der Waals surface area contributed by atoms with Crippen LogP contribution in [0.15, 0.2) is 89.0 Å². The summed E-state index contributed by atoms with van der Waals surface area (Å²) in [6.45, 7) is 0.355. The van der Waals surface area contributed by atoms with Gasteiger partial charge in [0.1, 0.15) is 12.3 Å². The topological polar surface area (TPSA) is 67.9 Å². The fourth-order valence-corrected chi connectivity index (χ4v) is 4.67. The van der Waals surface area contributed by atoms with E-state index in [0.717, 1.165) is 21.2 Å². The number of hydrogen-bond donors (Lipinski definition) is 1. The van der Waals surface area contributed by atoms with Crippen molar-refractivity contribution in [2.75, 3.05) is 12.0 Å². The highest BCUT2D eigenvalue weighted by Gasteiger charge is 2.35. The van der Waals surface area contributed by atoms with Crippen molar-refractivity contribution >= 4 is 62.0 Å². The molecule has 180 valence electrons. The van der Waals surface area contributed by atoms with Gasteiger partial charge in [0.2, 0.25) is 0 Å². The van der Waals surface area contributed by atoms with E-state index in [9.17, 15) is 9.59 Å². The van der Waals surface area contributed by atoms with Crippen molar-refractivity contribution in [2.24, 2.45) is 0 Å². The highest BCUT2D eigenvalue weighted by Crippen LogP contribution is 2.36. The average molecular weight is 564 g/mol. The Kier molecular flexibility index (Phi) is 6.67. The highest BCUT2D eigenvalue weighted by molar-refractivity contribution is 9.10. The van der Waals surface area contributed by atoms with Gasteiger partial charge in [-0.3, -0.25) is 4.79 Å². The van der Waals surface area contributed by atoms with Gasteiger partial charge in [-0.05, 0) is 58.3 Å². The molecule has 0 atom stereocenters. The van der Waals surface area contributed by atoms with E-state index in [1.54, 1.807) is 49.6 Å². The fourth-order valence-electron chi connectivity index (χ4n) is 4.05. The second-order valence-corrected chi connectivity index (χ2v) is 9.35. The Balaban J connectivity index is 1.41. The normalized spacial score (nSPS) is 14.4. The summed E-state index contributed by atoms with van der Waals surface area (Å²) in [5.74, 6) is 0.556. The number of nitrogens with zero attached hydrogens (tertiary/aromatic N) is 1. The van der Waals surface area contributed by atoms with Crippen molar-refractivity contribution < 1.29 is 19.1 Å². The first-order chi connectivity index (χ1) is 17.4. The summed E-state index contributed by atoms with van der Waals surface area (Å²) in [4.78, 5) is 26.6. The Morgan fingerprint density at radius 3 is 2.56 bits per heavy atom. The van der Waals surface area contributed by atoms with Gasteiger partial charge in [0.05, 0.1) is 12.8 Å². The lowest BCUT2D eigenvalue weighted by Gasteiger charge is -2.14. The molecule has 0 saturated carbocycles. The lowest BCUT2D eigenvalue weighted by atomic mass is 10.1. The quantitative estimate of drug-likeness (QED) is 0.204. The van der Waals surface area contributed by atoms with Crippen molar-refractivity contribution in [1.82, 2.24) is 5.32 Å². The number of carbonyl (C=O) groups is 2. The summed E-state index contributed by atoms with van der Waals surface area (Å²) in [5, 5.41) is 5.32. The molecule has 1 N–H and O–H groups in total. The minimum atomic E-state index is -0.549. The molecule has 0 aromatic heterocycles. The van der Waals surface area contributed by atoms with Crippen molar-refractivity contribution in [3.8, 4) is 11.5 Å². The maximum absolute atomic E-state index is 13.0. The first-order valence-corrected chi connectivity index (χ1v) is 12.2. The van der Waals surface area contributed by atoms with Gasteiger partial charge in [-0.15, -0.1) is 0 Å². The van der Waals surface area contributed by atoms with Crippen molar-refractivity contribution in [3.05, 3.63) is 105 Å². The van der Waals surface area contributed by atoms with Crippen LogP contribution in [-0.4, -0.2) is 19.0 Å². The van der Waals surface area contributed by atoms with Crippen LogP contribution in [0.4, 0.5) is 10.5 Å². The van der Waals surface area contributed by atoms with Gasteiger partial charge in [-0.2, -0.15) is 0 Å². The van der Waals surface area contributed by atoms with Crippen molar-refractivity contribution in [3.63, 3.8) is 0 Å². The van der Waals surface area contributed by atoms with Gasteiger partial charge in [-0.25, -0.2) is 9.69 Å². The number of imide groups is 1. The molecule has 0 bridgehead atoms. The van der Waals surface area contributed by atoms with E-state index in [-0.39, 0.29) is 5.70 Å². The Bertz CT molecular complexity index is 1530. The van der Waals surface area contributed by atoms with Gasteiger partial charge >= 0.3 is 6.03 Å². The number of carbonyl (C=O) groups excluding carboxylic acids is 2. The second kappa shape index (κ2) is 10.0. The molecular weight excluding hydrogens is 544 g/mol. The number of amides is 3. The van der Waals surface area contributed by atoms with Crippen LogP contribution in [0.2, 0.25) is 5.02 Å². The van der Waals surface area contributed by atoms with Gasteiger partial charge < -0.3 is 14.8 Å². The minimum Gasteiger partial charge on any atom is -0.493 e. The first kappa shape index (κ1) is 23.9. The lowest BCUT2D eigenvalue weighted by Crippen LogP contribution is -2.30. The molecule has 0 aliphatic carbocycles. The van der Waals surface area contributed by atoms with Gasteiger partial charge in [0.15, 0.2) is 11.5 Å². The van der Waals surface area contributed by atoms with E-state index >= 15 is 0 Å². The fraction of sp³-hybridized carbons (Fsp3) is 0.0714. The summed E-state index contributed by atoms with van der Waals surface area (Å²) >= 11 is 9.58. The molecule has 4 aromatic rings. The summed E-state index contributed by atoms with van der Waals surface area (Å²) in [5.41, 5.74) is 2.22. The largest absolute Gasteiger partial charge is 0.493 e. The van der Waals surface area contributed by atoms with Gasteiger partial charge in [0.25, 0.3) is 5.91 Å². The van der Waals surface area contributed by atoms with Crippen LogP contribution < -0.4 is 19.7 Å². The maximum Gasteiger partial charge on any atom is 0.333 e. The second-order valence-electron chi connectivity index (χ2n) is 8.06. The minimum absolute atomic E-state index is 0.132. The Morgan fingerprint density at radius 1 is 0.972 bits per heavy atom. The van der Waals surface area contributed by atoms with E-state index in [2.05, 4.69) is 39.4 Å².